The van der Waals surface area contributed by atoms with E-state index in [1.54, 1.807) is 29.7 Å². The van der Waals surface area contributed by atoms with Crippen LogP contribution in [0.15, 0.2) is 76.8 Å². The number of para-hydroxylation sites is 1. The lowest BCUT2D eigenvalue weighted by atomic mass is 10.2. The van der Waals surface area contributed by atoms with Crippen molar-refractivity contribution in [1.82, 2.24) is 19.7 Å². The van der Waals surface area contributed by atoms with E-state index in [9.17, 15) is 0 Å². The molecule has 0 spiro atoms. The largest absolute Gasteiger partial charge is 0.324 e. The second-order valence-corrected chi connectivity index (χ2v) is 8.01. The summed E-state index contributed by atoms with van der Waals surface area (Å²) in [4.78, 5) is 10.4. The lowest BCUT2D eigenvalue weighted by molar-refractivity contribution is 0.814. The third-order valence-corrected chi connectivity index (χ3v) is 5.95. The van der Waals surface area contributed by atoms with Crippen molar-refractivity contribution >= 4 is 35.2 Å². The summed E-state index contributed by atoms with van der Waals surface area (Å²) < 4.78 is 1.97. The minimum Gasteiger partial charge on any atom is -0.324 e. The van der Waals surface area contributed by atoms with Gasteiger partial charge < -0.3 is 5.32 Å². The van der Waals surface area contributed by atoms with E-state index < -0.39 is 0 Å². The lowest BCUT2D eigenvalue weighted by Crippen LogP contribution is -2.00. The lowest BCUT2D eigenvalue weighted by Gasteiger charge is -2.08. The van der Waals surface area contributed by atoms with Gasteiger partial charge in [-0.15, -0.1) is 23.5 Å². The van der Waals surface area contributed by atoms with Crippen molar-refractivity contribution in [3.05, 3.63) is 72.6 Å². The van der Waals surface area contributed by atoms with E-state index in [-0.39, 0.29) is 0 Å². The Morgan fingerprint density at radius 1 is 0.897 bits per heavy atom. The summed E-state index contributed by atoms with van der Waals surface area (Å²) >= 11 is 3.34. The fourth-order valence-corrected chi connectivity index (χ4v) is 4.12. The molecule has 0 aliphatic rings. The Labute approximate surface area is 179 Å². The van der Waals surface area contributed by atoms with E-state index in [1.165, 1.54) is 4.90 Å². The molecule has 0 atom stereocenters. The molecule has 0 saturated carbocycles. The fraction of sp³-hybridized carbons (Fsp3) is 0.136. The van der Waals surface area contributed by atoms with Crippen LogP contribution < -0.4 is 5.32 Å². The maximum atomic E-state index is 4.80. The van der Waals surface area contributed by atoms with Crippen molar-refractivity contribution in [1.29, 1.82) is 0 Å². The average molecular weight is 420 g/mol. The van der Waals surface area contributed by atoms with E-state index in [2.05, 4.69) is 47.7 Å². The summed E-state index contributed by atoms with van der Waals surface area (Å²) in [6.45, 7) is 2.07. The Morgan fingerprint density at radius 2 is 1.66 bits per heavy atom. The van der Waals surface area contributed by atoms with E-state index in [0.29, 0.717) is 5.95 Å². The highest BCUT2D eigenvalue weighted by Gasteiger charge is 2.18. The van der Waals surface area contributed by atoms with Gasteiger partial charge in [-0.25, -0.2) is 14.6 Å². The molecule has 0 aliphatic carbocycles. The van der Waals surface area contributed by atoms with Gasteiger partial charge in [-0.05, 0) is 61.9 Å². The molecule has 2 aromatic heterocycles. The number of hydrogen-bond donors (Lipinski definition) is 1. The highest BCUT2D eigenvalue weighted by Crippen LogP contribution is 2.33. The van der Waals surface area contributed by atoms with E-state index >= 15 is 0 Å². The molecule has 0 amide bonds. The van der Waals surface area contributed by atoms with Crippen LogP contribution in [0, 0.1) is 6.92 Å². The normalized spacial score (nSPS) is 10.9. The van der Waals surface area contributed by atoms with Crippen LogP contribution in [0.2, 0.25) is 0 Å². The molecule has 29 heavy (non-hydrogen) atoms. The van der Waals surface area contributed by atoms with Gasteiger partial charge >= 0.3 is 0 Å². The Balaban J connectivity index is 1.70. The first-order valence-electron chi connectivity index (χ1n) is 9.13. The monoisotopic (exact) mass is 419 g/mol. The standard InChI is InChI=1S/C22H21N5S2/c1-15-20(21(29-3)26-27(15)17-7-5-4-6-8-17)19-13-14-23-22(25-19)24-16-9-11-18(28-2)12-10-16/h4-14H,1-3H3,(H,23,24,25). The SMILES string of the molecule is CSc1ccc(Nc2nccc(-c3c(SC)nn(-c4ccccc4)c3C)n2)cc1. The highest BCUT2D eigenvalue weighted by atomic mass is 32.2. The number of rotatable bonds is 6. The van der Waals surface area contributed by atoms with Crippen LogP contribution in [0.3, 0.4) is 0 Å². The van der Waals surface area contributed by atoms with Gasteiger partial charge in [0.05, 0.1) is 22.6 Å². The van der Waals surface area contributed by atoms with Crippen LogP contribution in [-0.2, 0) is 0 Å². The second kappa shape index (κ2) is 8.71. The number of hydrogen-bond acceptors (Lipinski definition) is 6. The number of nitrogens with one attached hydrogen (secondary N) is 1. The second-order valence-electron chi connectivity index (χ2n) is 6.34. The van der Waals surface area contributed by atoms with E-state index in [0.717, 1.165) is 33.4 Å². The zero-order chi connectivity index (χ0) is 20.2. The van der Waals surface area contributed by atoms with Crippen molar-refractivity contribution in [3.63, 3.8) is 0 Å². The first kappa shape index (κ1) is 19.5. The zero-order valence-corrected chi connectivity index (χ0v) is 18.1. The molecule has 0 fully saturated rings. The van der Waals surface area contributed by atoms with Crippen LogP contribution in [-0.4, -0.2) is 32.3 Å². The quantitative estimate of drug-likeness (QED) is 0.397. The van der Waals surface area contributed by atoms with Gasteiger partial charge in [0.15, 0.2) is 0 Å². The van der Waals surface area contributed by atoms with Gasteiger partial charge in [0.2, 0.25) is 5.95 Å². The summed E-state index contributed by atoms with van der Waals surface area (Å²) in [5.74, 6) is 0.568. The van der Waals surface area contributed by atoms with Crippen LogP contribution in [0.5, 0.6) is 0 Å². The molecule has 0 saturated heterocycles. The van der Waals surface area contributed by atoms with Crippen LogP contribution in [0.1, 0.15) is 5.69 Å². The molecule has 0 aliphatic heterocycles. The van der Waals surface area contributed by atoms with Crippen molar-refractivity contribution in [3.8, 4) is 16.9 Å². The molecule has 4 aromatic rings. The predicted octanol–water partition coefficient (Wildman–Crippen LogP) is 5.83. The minimum atomic E-state index is 0.568. The van der Waals surface area contributed by atoms with Gasteiger partial charge in [-0.3, -0.25) is 0 Å². The summed E-state index contributed by atoms with van der Waals surface area (Å²) in [6.07, 6.45) is 5.88. The summed E-state index contributed by atoms with van der Waals surface area (Å²) in [5.41, 5.74) is 4.93. The summed E-state index contributed by atoms with van der Waals surface area (Å²) in [6, 6.07) is 20.3. The van der Waals surface area contributed by atoms with Crippen LogP contribution >= 0.6 is 23.5 Å². The molecule has 2 heterocycles. The number of anilines is 2. The van der Waals surface area contributed by atoms with Crippen molar-refractivity contribution in [2.75, 3.05) is 17.8 Å². The molecule has 2 aromatic carbocycles. The zero-order valence-electron chi connectivity index (χ0n) is 16.5. The first-order valence-corrected chi connectivity index (χ1v) is 11.6. The van der Waals surface area contributed by atoms with Crippen molar-refractivity contribution in [2.45, 2.75) is 16.8 Å². The third-order valence-electron chi connectivity index (χ3n) is 4.54. The molecule has 0 unspecified atom stereocenters. The van der Waals surface area contributed by atoms with Gasteiger partial charge in [0.1, 0.15) is 5.03 Å². The van der Waals surface area contributed by atoms with Crippen molar-refractivity contribution < 1.29 is 0 Å². The molecular formula is C22H21N5S2. The Morgan fingerprint density at radius 3 is 2.34 bits per heavy atom. The van der Waals surface area contributed by atoms with Gasteiger partial charge in [0.25, 0.3) is 0 Å². The molecule has 146 valence electrons. The maximum absolute atomic E-state index is 4.80. The molecule has 7 heteroatoms. The topological polar surface area (TPSA) is 55.6 Å². The first-order chi connectivity index (χ1) is 14.2. The maximum Gasteiger partial charge on any atom is 0.227 e. The molecule has 4 rings (SSSR count). The van der Waals surface area contributed by atoms with Gasteiger partial charge in [-0.2, -0.15) is 5.10 Å². The molecule has 0 bridgehead atoms. The minimum absolute atomic E-state index is 0.568. The summed E-state index contributed by atoms with van der Waals surface area (Å²) in [7, 11) is 0. The fourth-order valence-electron chi connectivity index (χ4n) is 3.10. The molecular weight excluding hydrogens is 398 g/mol. The molecule has 5 nitrogen and oxygen atoms in total. The highest BCUT2D eigenvalue weighted by molar-refractivity contribution is 7.98. The van der Waals surface area contributed by atoms with Gasteiger partial charge in [-0.1, -0.05) is 18.2 Å². The average Bonchev–Trinajstić information content (AvgIpc) is 3.11. The van der Waals surface area contributed by atoms with E-state index in [1.807, 2.05) is 47.3 Å². The Hall–Kier alpha value is -2.77. The molecule has 0 radical (unpaired) electrons. The Bertz CT molecular complexity index is 1110. The van der Waals surface area contributed by atoms with Crippen molar-refractivity contribution in [2.24, 2.45) is 0 Å². The van der Waals surface area contributed by atoms with Gasteiger partial charge in [0, 0.05) is 16.8 Å². The van der Waals surface area contributed by atoms with Crippen LogP contribution in [0.4, 0.5) is 11.6 Å². The smallest absolute Gasteiger partial charge is 0.227 e. The van der Waals surface area contributed by atoms with E-state index in [4.69, 9.17) is 10.1 Å². The number of aromatic nitrogens is 4. The number of benzene rings is 2. The predicted molar refractivity (Wildman–Crippen MR) is 123 cm³/mol. The third kappa shape index (κ3) is 4.16. The Kier molecular flexibility index (Phi) is 5.87. The number of thioether (sulfide) groups is 2. The number of nitrogens with zero attached hydrogens (tertiary/aromatic N) is 4. The van der Waals surface area contributed by atoms with Crippen LogP contribution in [0.25, 0.3) is 16.9 Å². The summed E-state index contributed by atoms with van der Waals surface area (Å²) in [5, 5.41) is 9.04. The molecule has 1 N–H and O–H groups in total.